The normalized spacial score (nSPS) is 16.0. The maximum Gasteiger partial charge on any atom is 0.191 e. The summed E-state index contributed by atoms with van der Waals surface area (Å²) in [5, 5.41) is 6.99. The molecule has 5 nitrogen and oxygen atoms in total. The van der Waals surface area contributed by atoms with E-state index in [2.05, 4.69) is 94.1 Å². The molecule has 28 heavy (non-hydrogen) atoms. The Kier molecular flexibility index (Phi) is 7.31. The van der Waals surface area contributed by atoms with Crippen LogP contribution < -0.4 is 15.5 Å². The number of aliphatic imine (C=N–C) groups is 1. The van der Waals surface area contributed by atoms with E-state index in [4.69, 9.17) is 0 Å². The highest BCUT2D eigenvalue weighted by molar-refractivity contribution is 5.79. The van der Waals surface area contributed by atoms with Crippen molar-refractivity contribution in [2.45, 2.75) is 25.4 Å². The molecule has 2 aromatic rings. The fourth-order valence-electron chi connectivity index (χ4n) is 3.73. The maximum atomic E-state index is 4.42. The van der Waals surface area contributed by atoms with Gasteiger partial charge in [-0.2, -0.15) is 0 Å². The van der Waals surface area contributed by atoms with Crippen LogP contribution in [-0.4, -0.2) is 51.6 Å². The van der Waals surface area contributed by atoms with Gasteiger partial charge < -0.3 is 15.5 Å². The third-order valence-corrected chi connectivity index (χ3v) is 5.34. The molecule has 1 heterocycles. The molecule has 1 unspecified atom stereocenters. The Morgan fingerprint density at radius 3 is 2.46 bits per heavy atom. The van der Waals surface area contributed by atoms with Crippen molar-refractivity contribution >= 4 is 11.6 Å². The van der Waals surface area contributed by atoms with Gasteiger partial charge in [0.1, 0.15) is 0 Å². The average molecular weight is 380 g/mol. The summed E-state index contributed by atoms with van der Waals surface area (Å²) in [6.07, 6.45) is 2.58. The number of hydrogen-bond acceptors (Lipinski definition) is 3. The minimum atomic E-state index is 0.374. The van der Waals surface area contributed by atoms with Crippen molar-refractivity contribution in [2.24, 2.45) is 4.99 Å². The lowest BCUT2D eigenvalue weighted by atomic mass is 10.1. The van der Waals surface area contributed by atoms with Crippen LogP contribution in [0, 0.1) is 0 Å². The molecule has 1 atom stereocenters. The Hall–Kier alpha value is -2.53. The summed E-state index contributed by atoms with van der Waals surface area (Å²) in [6, 6.07) is 19.7. The van der Waals surface area contributed by atoms with Crippen molar-refractivity contribution in [3.8, 4) is 0 Å². The molecule has 0 aliphatic carbocycles. The molecular formula is C23H33N5. The molecule has 0 aromatic heterocycles. The van der Waals surface area contributed by atoms with E-state index in [0.717, 1.165) is 19.0 Å². The van der Waals surface area contributed by atoms with E-state index in [0.29, 0.717) is 6.04 Å². The molecule has 5 heteroatoms. The number of nitrogens with one attached hydrogen (secondary N) is 2. The van der Waals surface area contributed by atoms with Crippen LogP contribution in [-0.2, 0) is 6.54 Å². The molecule has 1 saturated heterocycles. The van der Waals surface area contributed by atoms with Crippen LogP contribution in [0.25, 0.3) is 0 Å². The molecule has 2 aromatic carbocycles. The zero-order valence-electron chi connectivity index (χ0n) is 17.4. The number of nitrogens with zero attached hydrogens (tertiary/aromatic N) is 3. The lowest BCUT2D eigenvalue weighted by molar-refractivity contribution is 0.245. The van der Waals surface area contributed by atoms with E-state index in [1.807, 2.05) is 7.05 Å². The highest BCUT2D eigenvalue weighted by Gasteiger charge is 2.23. The fourth-order valence-corrected chi connectivity index (χ4v) is 3.73. The number of guanidine groups is 1. The quantitative estimate of drug-likeness (QED) is 0.572. The lowest BCUT2D eigenvalue weighted by Crippen LogP contribution is -2.42. The molecule has 1 fully saturated rings. The third-order valence-electron chi connectivity index (χ3n) is 5.34. The summed E-state index contributed by atoms with van der Waals surface area (Å²) in [7, 11) is 5.96. The first-order valence-corrected chi connectivity index (χ1v) is 10.2. The molecule has 0 spiro atoms. The number of rotatable bonds is 7. The van der Waals surface area contributed by atoms with Gasteiger partial charge in [-0.05, 0) is 49.2 Å². The second-order valence-electron chi connectivity index (χ2n) is 7.54. The van der Waals surface area contributed by atoms with Gasteiger partial charge in [-0.25, -0.2) is 0 Å². The van der Waals surface area contributed by atoms with Crippen molar-refractivity contribution in [1.82, 2.24) is 15.5 Å². The minimum Gasteiger partial charge on any atom is -0.378 e. The Balaban J connectivity index is 1.59. The summed E-state index contributed by atoms with van der Waals surface area (Å²) in [5.74, 6) is 0.843. The second-order valence-corrected chi connectivity index (χ2v) is 7.54. The second kappa shape index (κ2) is 10.1. The number of anilines is 1. The first-order chi connectivity index (χ1) is 13.7. The third kappa shape index (κ3) is 5.49. The van der Waals surface area contributed by atoms with Crippen LogP contribution in [0.2, 0.25) is 0 Å². The molecule has 0 bridgehead atoms. The molecule has 0 radical (unpaired) electrons. The molecule has 0 amide bonds. The summed E-state index contributed by atoms with van der Waals surface area (Å²) in [6.45, 7) is 3.94. The monoisotopic (exact) mass is 379 g/mol. The van der Waals surface area contributed by atoms with Crippen molar-refractivity contribution in [3.05, 3.63) is 65.7 Å². The topological polar surface area (TPSA) is 42.9 Å². The van der Waals surface area contributed by atoms with E-state index >= 15 is 0 Å². The van der Waals surface area contributed by atoms with Crippen LogP contribution in [0.4, 0.5) is 5.69 Å². The summed E-state index contributed by atoms with van der Waals surface area (Å²) >= 11 is 0. The predicted molar refractivity (Wildman–Crippen MR) is 119 cm³/mol. The average Bonchev–Trinajstić information content (AvgIpc) is 3.26. The lowest BCUT2D eigenvalue weighted by Gasteiger charge is -2.29. The predicted octanol–water partition coefficient (Wildman–Crippen LogP) is 3.25. The minimum absolute atomic E-state index is 0.374. The van der Waals surface area contributed by atoms with Gasteiger partial charge in [0.15, 0.2) is 5.96 Å². The van der Waals surface area contributed by atoms with E-state index in [1.54, 1.807) is 0 Å². The molecule has 2 N–H and O–H groups in total. The van der Waals surface area contributed by atoms with E-state index in [9.17, 15) is 0 Å². The molecule has 150 valence electrons. The standard InChI is InChI=1S/C23H33N5/c1-24-23(25-17-19-10-9-13-21(16-19)27(2)3)26-18-22(28-14-7-8-15-28)20-11-5-4-6-12-20/h4-6,9-13,16,22H,7-8,14-15,17-18H2,1-3H3,(H2,24,25,26). The number of hydrogen-bond donors (Lipinski definition) is 2. The smallest absolute Gasteiger partial charge is 0.191 e. The van der Waals surface area contributed by atoms with Crippen molar-refractivity contribution < 1.29 is 0 Å². The molecule has 3 rings (SSSR count). The molecule has 1 aliphatic rings. The largest absolute Gasteiger partial charge is 0.378 e. The van der Waals surface area contributed by atoms with Gasteiger partial charge in [-0.3, -0.25) is 9.89 Å². The van der Waals surface area contributed by atoms with Gasteiger partial charge in [-0.1, -0.05) is 42.5 Å². The van der Waals surface area contributed by atoms with Crippen molar-refractivity contribution in [2.75, 3.05) is 45.7 Å². The van der Waals surface area contributed by atoms with Crippen LogP contribution in [0.1, 0.15) is 30.0 Å². The number of likely N-dealkylation sites (tertiary alicyclic amines) is 1. The zero-order valence-corrected chi connectivity index (χ0v) is 17.4. The van der Waals surface area contributed by atoms with Gasteiger partial charge >= 0.3 is 0 Å². The summed E-state index contributed by atoms with van der Waals surface area (Å²) < 4.78 is 0. The zero-order chi connectivity index (χ0) is 19.8. The SMILES string of the molecule is CN=C(NCc1cccc(N(C)C)c1)NCC(c1ccccc1)N1CCCC1. The van der Waals surface area contributed by atoms with Crippen molar-refractivity contribution in [3.63, 3.8) is 0 Å². The van der Waals surface area contributed by atoms with Gasteiger partial charge in [0.25, 0.3) is 0 Å². The van der Waals surface area contributed by atoms with E-state index in [-0.39, 0.29) is 0 Å². The van der Waals surface area contributed by atoms with E-state index < -0.39 is 0 Å². The highest BCUT2D eigenvalue weighted by atomic mass is 15.2. The first-order valence-electron chi connectivity index (χ1n) is 10.2. The molecular weight excluding hydrogens is 346 g/mol. The van der Waals surface area contributed by atoms with Crippen LogP contribution in [0.5, 0.6) is 0 Å². The van der Waals surface area contributed by atoms with Gasteiger partial charge in [0.2, 0.25) is 0 Å². The number of benzene rings is 2. The summed E-state index contributed by atoms with van der Waals surface area (Å²) in [5.41, 5.74) is 3.82. The highest BCUT2D eigenvalue weighted by Crippen LogP contribution is 2.24. The molecule has 1 aliphatic heterocycles. The Morgan fingerprint density at radius 2 is 1.79 bits per heavy atom. The fraction of sp³-hybridized carbons (Fsp3) is 0.435. The van der Waals surface area contributed by atoms with E-state index in [1.165, 1.54) is 42.7 Å². The van der Waals surface area contributed by atoms with Gasteiger partial charge in [-0.15, -0.1) is 0 Å². The van der Waals surface area contributed by atoms with Crippen LogP contribution in [0.3, 0.4) is 0 Å². The van der Waals surface area contributed by atoms with Crippen LogP contribution >= 0.6 is 0 Å². The Bertz CT molecular complexity index is 751. The van der Waals surface area contributed by atoms with Crippen molar-refractivity contribution in [1.29, 1.82) is 0 Å². The maximum absolute atomic E-state index is 4.42. The molecule has 0 saturated carbocycles. The first kappa shape index (κ1) is 20.2. The Labute approximate surface area is 169 Å². The van der Waals surface area contributed by atoms with Crippen LogP contribution in [0.15, 0.2) is 59.6 Å². The van der Waals surface area contributed by atoms with Gasteiger partial charge in [0, 0.05) is 39.9 Å². The van der Waals surface area contributed by atoms with Gasteiger partial charge in [0.05, 0.1) is 6.04 Å². The summed E-state index contributed by atoms with van der Waals surface area (Å²) in [4.78, 5) is 9.12. The Morgan fingerprint density at radius 1 is 1.04 bits per heavy atom.